The molecule has 0 spiro atoms. The Balaban J connectivity index is 2.91. The molecule has 0 unspecified atom stereocenters. The van der Waals surface area contributed by atoms with Crippen LogP contribution in [0.2, 0.25) is 0 Å². The number of hydrogen-bond donors (Lipinski definition) is 2. The standard InChI is InChI=1S/C14H13N3O3/c1-3-6-17(9-13(18)19)14(20)16-12-7-11(8-15)5-4-10(12)2/h1,4-5,7H,6,9H2,2H3,(H,16,20)(H,18,19). The Kier molecular flexibility index (Phi) is 5.13. The molecule has 0 aliphatic heterocycles. The van der Waals surface area contributed by atoms with Gasteiger partial charge in [-0.1, -0.05) is 12.0 Å². The van der Waals surface area contributed by atoms with Gasteiger partial charge >= 0.3 is 12.0 Å². The maximum Gasteiger partial charge on any atom is 0.323 e. The lowest BCUT2D eigenvalue weighted by Gasteiger charge is -2.19. The average Bonchev–Trinajstić information content (AvgIpc) is 2.40. The van der Waals surface area contributed by atoms with Gasteiger partial charge in [0.25, 0.3) is 0 Å². The number of hydrogen-bond acceptors (Lipinski definition) is 3. The van der Waals surface area contributed by atoms with Crippen LogP contribution in [0.1, 0.15) is 11.1 Å². The lowest BCUT2D eigenvalue weighted by atomic mass is 10.1. The van der Waals surface area contributed by atoms with Crippen molar-refractivity contribution in [3.63, 3.8) is 0 Å². The zero-order valence-corrected chi connectivity index (χ0v) is 10.9. The minimum atomic E-state index is -1.15. The number of carbonyl (C=O) groups excluding carboxylic acids is 1. The first kappa shape index (κ1) is 15.1. The summed E-state index contributed by atoms with van der Waals surface area (Å²) in [5.41, 5.74) is 1.60. The first-order chi connectivity index (χ1) is 9.47. The minimum Gasteiger partial charge on any atom is -0.480 e. The summed E-state index contributed by atoms with van der Waals surface area (Å²) >= 11 is 0. The zero-order chi connectivity index (χ0) is 15.1. The Morgan fingerprint density at radius 3 is 2.75 bits per heavy atom. The van der Waals surface area contributed by atoms with E-state index in [0.29, 0.717) is 11.3 Å². The summed E-state index contributed by atoms with van der Waals surface area (Å²) in [5, 5.41) is 20.1. The number of nitrogens with one attached hydrogen (secondary N) is 1. The maximum atomic E-state index is 12.0. The van der Waals surface area contributed by atoms with Gasteiger partial charge in [-0.25, -0.2) is 4.79 Å². The topological polar surface area (TPSA) is 93.4 Å². The van der Waals surface area contributed by atoms with Crippen molar-refractivity contribution in [3.05, 3.63) is 29.3 Å². The molecule has 0 fully saturated rings. The number of rotatable bonds is 4. The van der Waals surface area contributed by atoms with Gasteiger partial charge < -0.3 is 15.3 Å². The smallest absolute Gasteiger partial charge is 0.323 e. The van der Waals surface area contributed by atoms with Crippen molar-refractivity contribution >= 4 is 17.7 Å². The number of urea groups is 1. The van der Waals surface area contributed by atoms with Crippen LogP contribution in [0.3, 0.4) is 0 Å². The number of carboxylic acid groups (broad SMARTS) is 1. The fraction of sp³-hybridized carbons (Fsp3) is 0.214. The lowest BCUT2D eigenvalue weighted by Crippen LogP contribution is -2.39. The van der Waals surface area contributed by atoms with Crippen LogP contribution in [-0.4, -0.2) is 35.1 Å². The molecule has 20 heavy (non-hydrogen) atoms. The molecule has 2 amide bonds. The van der Waals surface area contributed by atoms with Gasteiger partial charge in [-0.15, -0.1) is 6.42 Å². The van der Waals surface area contributed by atoms with E-state index in [9.17, 15) is 9.59 Å². The highest BCUT2D eigenvalue weighted by Crippen LogP contribution is 2.17. The number of aliphatic carboxylic acids is 1. The molecular formula is C14H13N3O3. The second-order valence-corrected chi connectivity index (χ2v) is 4.03. The number of aryl methyl sites for hydroxylation is 1. The summed E-state index contributed by atoms with van der Waals surface area (Å²) in [7, 11) is 0. The molecule has 1 rings (SSSR count). The van der Waals surface area contributed by atoms with Crippen molar-refractivity contribution in [2.75, 3.05) is 18.4 Å². The molecule has 1 aromatic rings. The summed E-state index contributed by atoms with van der Waals surface area (Å²) in [4.78, 5) is 23.6. The SMILES string of the molecule is C#CCN(CC(=O)O)C(=O)Nc1cc(C#N)ccc1C. The quantitative estimate of drug-likeness (QED) is 0.810. The maximum absolute atomic E-state index is 12.0. The molecule has 0 saturated carbocycles. The molecule has 0 radical (unpaired) electrons. The van der Waals surface area contributed by atoms with Crippen LogP contribution in [0, 0.1) is 30.6 Å². The summed E-state index contributed by atoms with van der Waals surface area (Å²) in [6.45, 7) is 1.15. The van der Waals surface area contributed by atoms with Gasteiger partial charge in [0, 0.05) is 5.69 Å². The number of nitriles is 1. The van der Waals surface area contributed by atoms with E-state index >= 15 is 0 Å². The lowest BCUT2D eigenvalue weighted by molar-refractivity contribution is -0.137. The van der Waals surface area contributed by atoms with Crippen LogP contribution in [0.5, 0.6) is 0 Å². The fourth-order valence-electron chi connectivity index (χ4n) is 1.49. The third kappa shape index (κ3) is 4.04. The van der Waals surface area contributed by atoms with Gasteiger partial charge in [0.05, 0.1) is 18.2 Å². The van der Waals surface area contributed by atoms with Crippen LogP contribution < -0.4 is 5.32 Å². The highest BCUT2D eigenvalue weighted by molar-refractivity contribution is 5.92. The number of nitrogens with zero attached hydrogens (tertiary/aromatic N) is 2. The Bertz CT molecular complexity index is 611. The number of amides is 2. The number of benzene rings is 1. The molecule has 0 heterocycles. The van der Waals surface area contributed by atoms with Crippen LogP contribution >= 0.6 is 0 Å². The molecular weight excluding hydrogens is 258 g/mol. The number of terminal acetylenes is 1. The Morgan fingerprint density at radius 2 is 2.20 bits per heavy atom. The van der Waals surface area contributed by atoms with E-state index in [4.69, 9.17) is 16.8 Å². The van der Waals surface area contributed by atoms with E-state index in [0.717, 1.165) is 10.5 Å². The van der Waals surface area contributed by atoms with Gasteiger partial charge in [0.2, 0.25) is 0 Å². The minimum absolute atomic E-state index is 0.116. The van der Waals surface area contributed by atoms with Gasteiger partial charge in [-0.3, -0.25) is 4.79 Å². The third-order valence-corrected chi connectivity index (χ3v) is 2.50. The summed E-state index contributed by atoms with van der Waals surface area (Å²) in [6, 6.07) is 6.18. The van der Waals surface area contributed by atoms with Crippen molar-refractivity contribution < 1.29 is 14.7 Å². The normalized spacial score (nSPS) is 9.15. The number of carbonyl (C=O) groups is 2. The van der Waals surface area contributed by atoms with E-state index < -0.39 is 18.5 Å². The first-order valence-corrected chi connectivity index (χ1v) is 5.70. The Labute approximate surface area is 116 Å². The van der Waals surface area contributed by atoms with Gasteiger partial charge in [-0.2, -0.15) is 5.26 Å². The molecule has 0 saturated heterocycles. The molecule has 102 valence electrons. The van der Waals surface area contributed by atoms with Crippen LogP contribution in [0.25, 0.3) is 0 Å². The fourth-order valence-corrected chi connectivity index (χ4v) is 1.49. The van der Waals surface area contributed by atoms with E-state index in [2.05, 4.69) is 11.2 Å². The van der Waals surface area contributed by atoms with Gasteiger partial charge in [-0.05, 0) is 24.6 Å². The first-order valence-electron chi connectivity index (χ1n) is 5.70. The largest absolute Gasteiger partial charge is 0.480 e. The van der Waals surface area contributed by atoms with Crippen LogP contribution in [0.4, 0.5) is 10.5 Å². The van der Waals surface area contributed by atoms with Crippen molar-refractivity contribution in [1.29, 1.82) is 5.26 Å². The van der Waals surface area contributed by atoms with Crippen LogP contribution in [-0.2, 0) is 4.79 Å². The van der Waals surface area contributed by atoms with Gasteiger partial charge in [0.1, 0.15) is 6.54 Å². The number of anilines is 1. The van der Waals surface area contributed by atoms with Crippen molar-refractivity contribution in [2.24, 2.45) is 0 Å². The average molecular weight is 271 g/mol. The van der Waals surface area contributed by atoms with E-state index in [-0.39, 0.29) is 6.54 Å². The predicted octanol–water partition coefficient (Wildman–Crippen LogP) is 1.42. The highest BCUT2D eigenvalue weighted by atomic mass is 16.4. The molecule has 0 aromatic heterocycles. The molecule has 0 atom stereocenters. The zero-order valence-electron chi connectivity index (χ0n) is 10.9. The highest BCUT2D eigenvalue weighted by Gasteiger charge is 2.16. The Morgan fingerprint density at radius 1 is 1.50 bits per heavy atom. The molecule has 6 heteroatoms. The Hall–Kier alpha value is -2.99. The predicted molar refractivity (Wildman–Crippen MR) is 73.0 cm³/mol. The van der Waals surface area contributed by atoms with Gasteiger partial charge in [0.15, 0.2) is 0 Å². The van der Waals surface area contributed by atoms with E-state index in [1.807, 2.05) is 6.07 Å². The molecule has 0 bridgehead atoms. The number of carboxylic acids is 1. The third-order valence-electron chi connectivity index (χ3n) is 2.50. The second kappa shape index (κ2) is 6.81. The summed E-state index contributed by atoms with van der Waals surface area (Å²) < 4.78 is 0. The molecule has 6 nitrogen and oxygen atoms in total. The second-order valence-electron chi connectivity index (χ2n) is 4.03. The van der Waals surface area contributed by atoms with Crippen LogP contribution in [0.15, 0.2) is 18.2 Å². The monoisotopic (exact) mass is 271 g/mol. The summed E-state index contributed by atoms with van der Waals surface area (Å²) in [6.07, 6.45) is 5.10. The molecule has 1 aromatic carbocycles. The van der Waals surface area contributed by atoms with Crippen molar-refractivity contribution in [1.82, 2.24) is 4.90 Å². The van der Waals surface area contributed by atoms with E-state index in [1.165, 1.54) is 6.07 Å². The van der Waals surface area contributed by atoms with Crippen molar-refractivity contribution in [3.8, 4) is 18.4 Å². The molecule has 0 aliphatic carbocycles. The molecule has 0 aliphatic rings. The molecule has 2 N–H and O–H groups in total. The van der Waals surface area contributed by atoms with E-state index in [1.54, 1.807) is 19.1 Å². The van der Waals surface area contributed by atoms with Crippen molar-refractivity contribution in [2.45, 2.75) is 6.92 Å². The summed E-state index contributed by atoms with van der Waals surface area (Å²) in [5.74, 6) is 1.07.